The Kier molecular flexibility index (Phi) is 5.96. The summed E-state index contributed by atoms with van der Waals surface area (Å²) in [6.45, 7) is 3.90. The van der Waals surface area contributed by atoms with E-state index in [9.17, 15) is 26.3 Å². The van der Waals surface area contributed by atoms with Crippen molar-refractivity contribution in [3.8, 4) is 5.75 Å². The van der Waals surface area contributed by atoms with Crippen molar-refractivity contribution in [3.63, 3.8) is 0 Å². The van der Waals surface area contributed by atoms with Gasteiger partial charge in [0, 0.05) is 10.4 Å². The monoisotopic (exact) mass is 572 g/mol. The van der Waals surface area contributed by atoms with Gasteiger partial charge in [0.2, 0.25) is 5.88 Å². The van der Waals surface area contributed by atoms with Crippen LogP contribution in [-0.2, 0) is 12.4 Å². The lowest BCUT2D eigenvalue weighted by molar-refractivity contribution is -0.144. The standard InChI is InChI=1S/C30H22F6N2OS/c1-17-11-14-40-26(17)24-20-15-18-7-3-4-8-19(18)16-21(20)27(37-38(24)28(2)12-6-13-28)39-25-22(29(31,32)33)9-5-10-23(25)30(34,35)36/h3-12,14-16,37H,13H2,1-2H3. The van der Waals surface area contributed by atoms with Gasteiger partial charge < -0.3 is 4.74 Å². The smallest absolute Gasteiger partial charge is 0.420 e. The third kappa shape index (κ3) is 4.30. The summed E-state index contributed by atoms with van der Waals surface area (Å²) in [4.78, 5) is 0.927. The van der Waals surface area contributed by atoms with Gasteiger partial charge in [-0.15, -0.1) is 11.3 Å². The van der Waals surface area contributed by atoms with Crippen molar-refractivity contribution in [1.82, 2.24) is 10.4 Å². The van der Waals surface area contributed by atoms with Gasteiger partial charge in [-0.25, -0.2) is 0 Å². The highest BCUT2D eigenvalue weighted by atomic mass is 32.1. The highest BCUT2D eigenvalue weighted by molar-refractivity contribution is 7.11. The number of para-hydroxylation sites is 1. The van der Waals surface area contributed by atoms with E-state index in [0.717, 1.165) is 33.0 Å². The number of hydrogen-bond donors (Lipinski definition) is 1. The molecule has 1 N–H and O–H groups in total. The van der Waals surface area contributed by atoms with E-state index in [4.69, 9.17) is 4.74 Å². The summed E-state index contributed by atoms with van der Waals surface area (Å²) < 4.78 is 89.7. The van der Waals surface area contributed by atoms with Gasteiger partial charge in [0.15, 0.2) is 5.75 Å². The molecule has 1 aromatic heterocycles. The molecule has 6 rings (SSSR count). The minimum atomic E-state index is -5.08. The Balaban J connectivity index is 1.72. The van der Waals surface area contributed by atoms with Gasteiger partial charge in [-0.1, -0.05) is 42.5 Å². The molecule has 2 heterocycles. The molecule has 40 heavy (non-hydrogen) atoms. The van der Waals surface area contributed by atoms with Crippen LogP contribution in [0.1, 0.15) is 34.9 Å². The van der Waals surface area contributed by atoms with Crippen LogP contribution in [0.5, 0.6) is 5.75 Å². The van der Waals surface area contributed by atoms with Crippen molar-refractivity contribution in [1.29, 1.82) is 0 Å². The van der Waals surface area contributed by atoms with Gasteiger partial charge in [0.05, 0.1) is 27.2 Å². The maximum atomic E-state index is 14.0. The van der Waals surface area contributed by atoms with Crippen LogP contribution in [0.2, 0.25) is 0 Å². The fourth-order valence-electron chi connectivity index (χ4n) is 5.08. The number of ether oxygens (including phenoxy) is 1. The van der Waals surface area contributed by atoms with Gasteiger partial charge in [-0.05, 0) is 72.3 Å². The SMILES string of the molecule is Cc1ccsc1C1=c2cc3ccccc3cc2=C(Oc2c(C(F)(F)F)cccc2C(F)(F)F)NN1C1(C)C=CC1. The molecule has 206 valence electrons. The highest BCUT2D eigenvalue weighted by Crippen LogP contribution is 2.45. The fourth-order valence-corrected chi connectivity index (χ4v) is 6.06. The number of aryl methyl sites for hydroxylation is 1. The number of hydrazine groups is 1. The number of benzene rings is 3. The maximum Gasteiger partial charge on any atom is 0.420 e. The van der Waals surface area contributed by atoms with Gasteiger partial charge in [-0.2, -0.15) is 26.3 Å². The Morgan fingerprint density at radius 3 is 1.98 bits per heavy atom. The molecule has 0 saturated carbocycles. The number of rotatable bonds is 4. The molecule has 0 saturated heterocycles. The molecule has 10 heteroatoms. The lowest BCUT2D eigenvalue weighted by Crippen LogP contribution is -2.60. The molecule has 0 radical (unpaired) electrons. The van der Waals surface area contributed by atoms with Crippen LogP contribution in [0.15, 0.2) is 78.2 Å². The first-order chi connectivity index (χ1) is 18.9. The summed E-state index contributed by atoms with van der Waals surface area (Å²) in [5.74, 6) is -1.52. The van der Waals surface area contributed by atoms with Crippen LogP contribution >= 0.6 is 11.3 Å². The van der Waals surface area contributed by atoms with Crippen molar-refractivity contribution in [2.75, 3.05) is 0 Å². The quantitative estimate of drug-likeness (QED) is 0.209. The Hall–Kier alpha value is -3.92. The van der Waals surface area contributed by atoms with Crippen molar-refractivity contribution < 1.29 is 31.1 Å². The van der Waals surface area contributed by atoms with Gasteiger partial charge in [0.25, 0.3) is 0 Å². The second-order valence-corrected chi connectivity index (χ2v) is 11.0. The predicted octanol–water partition coefficient (Wildman–Crippen LogP) is 7.09. The summed E-state index contributed by atoms with van der Waals surface area (Å²) in [7, 11) is 0. The number of nitrogens with zero attached hydrogens (tertiary/aromatic N) is 1. The molecule has 3 aromatic carbocycles. The number of thiophene rings is 1. The third-order valence-electron chi connectivity index (χ3n) is 7.25. The molecule has 4 aromatic rings. The van der Waals surface area contributed by atoms with E-state index in [-0.39, 0.29) is 5.88 Å². The van der Waals surface area contributed by atoms with Crippen molar-refractivity contribution >= 4 is 33.7 Å². The summed E-state index contributed by atoms with van der Waals surface area (Å²) in [5, 5.41) is 6.36. The van der Waals surface area contributed by atoms with E-state index in [0.29, 0.717) is 29.0 Å². The summed E-state index contributed by atoms with van der Waals surface area (Å²) in [6, 6.07) is 14.9. The molecule has 0 amide bonds. The lowest BCUT2D eigenvalue weighted by atomic mass is 9.85. The molecule has 1 aliphatic heterocycles. The van der Waals surface area contributed by atoms with Crippen LogP contribution in [0.4, 0.5) is 26.3 Å². The molecule has 0 bridgehead atoms. The Morgan fingerprint density at radius 2 is 1.48 bits per heavy atom. The average molecular weight is 573 g/mol. The normalized spacial score (nSPS) is 18.9. The Morgan fingerprint density at radius 1 is 0.875 bits per heavy atom. The zero-order valence-corrected chi connectivity index (χ0v) is 22.1. The lowest BCUT2D eigenvalue weighted by Gasteiger charge is -2.47. The zero-order valence-electron chi connectivity index (χ0n) is 21.2. The molecule has 2 aliphatic rings. The first-order valence-corrected chi connectivity index (χ1v) is 13.3. The minimum absolute atomic E-state index is 0.220. The second kappa shape index (κ2) is 9.05. The van der Waals surface area contributed by atoms with Crippen LogP contribution in [-0.4, -0.2) is 10.5 Å². The number of nitrogens with one attached hydrogen (secondary N) is 1. The zero-order chi connectivity index (χ0) is 28.4. The molecule has 1 unspecified atom stereocenters. The Bertz CT molecular complexity index is 1770. The van der Waals surface area contributed by atoms with Gasteiger partial charge >= 0.3 is 12.4 Å². The topological polar surface area (TPSA) is 24.5 Å². The van der Waals surface area contributed by atoms with Crippen LogP contribution in [0.3, 0.4) is 0 Å². The minimum Gasteiger partial charge on any atom is -0.438 e. The van der Waals surface area contributed by atoms with Crippen molar-refractivity contribution in [3.05, 3.63) is 110 Å². The predicted molar refractivity (Wildman–Crippen MR) is 142 cm³/mol. The molecule has 3 nitrogen and oxygen atoms in total. The largest absolute Gasteiger partial charge is 0.438 e. The molecule has 1 atom stereocenters. The first kappa shape index (κ1) is 26.3. The molecule has 0 fully saturated rings. The number of hydrogen-bond acceptors (Lipinski definition) is 4. The average Bonchev–Trinajstić information content (AvgIpc) is 3.30. The van der Waals surface area contributed by atoms with Crippen LogP contribution < -0.4 is 20.6 Å². The number of halogens is 6. The Labute approximate surface area is 229 Å². The van der Waals surface area contributed by atoms with Gasteiger partial charge in [-0.3, -0.25) is 10.4 Å². The first-order valence-electron chi connectivity index (χ1n) is 12.4. The summed E-state index contributed by atoms with van der Waals surface area (Å²) >= 11 is 1.51. The van der Waals surface area contributed by atoms with E-state index in [1.807, 2.05) is 67.8 Å². The van der Waals surface area contributed by atoms with Crippen LogP contribution in [0, 0.1) is 6.92 Å². The summed E-state index contributed by atoms with van der Waals surface area (Å²) in [6.07, 6.45) is -5.65. The van der Waals surface area contributed by atoms with E-state index in [1.54, 1.807) is 11.1 Å². The van der Waals surface area contributed by atoms with E-state index in [2.05, 4.69) is 5.43 Å². The summed E-state index contributed by atoms with van der Waals surface area (Å²) in [5.41, 5.74) is 1.23. The van der Waals surface area contributed by atoms with E-state index in [1.165, 1.54) is 11.3 Å². The van der Waals surface area contributed by atoms with Crippen LogP contribution in [0.25, 0.3) is 22.4 Å². The van der Waals surface area contributed by atoms with E-state index < -0.39 is 34.8 Å². The van der Waals surface area contributed by atoms with Crippen molar-refractivity contribution in [2.24, 2.45) is 0 Å². The molecule has 0 spiro atoms. The molecule has 1 aliphatic carbocycles. The second-order valence-electron chi connectivity index (χ2n) is 10.0. The van der Waals surface area contributed by atoms with E-state index >= 15 is 0 Å². The van der Waals surface area contributed by atoms with Crippen molar-refractivity contribution in [2.45, 2.75) is 38.2 Å². The fraction of sp³-hybridized carbons (Fsp3) is 0.200. The number of alkyl halides is 6. The molecular formula is C30H22F6N2OS. The molecular weight excluding hydrogens is 550 g/mol. The maximum absolute atomic E-state index is 14.0. The van der Waals surface area contributed by atoms with Gasteiger partial charge in [0.1, 0.15) is 0 Å². The highest BCUT2D eigenvalue weighted by Gasteiger charge is 2.44. The third-order valence-corrected chi connectivity index (χ3v) is 8.27. The number of fused-ring (bicyclic) bond motifs is 2.